The topological polar surface area (TPSA) is 34.4 Å². The highest BCUT2D eigenvalue weighted by Gasteiger charge is 2.14. The maximum atomic E-state index is 9.94. The highest BCUT2D eigenvalue weighted by molar-refractivity contribution is 5.86. The summed E-state index contributed by atoms with van der Waals surface area (Å²) in [6.07, 6.45) is 2.00. The van der Waals surface area contributed by atoms with Crippen molar-refractivity contribution in [3.8, 4) is 5.75 Å². The SMILES string of the molecule is Oc1cccc2c1ccn2CCOCC(c1ccccc1)c1ccccc1. The molecule has 0 aliphatic heterocycles. The average molecular weight is 357 g/mol. The van der Waals surface area contributed by atoms with Gasteiger partial charge < -0.3 is 14.4 Å². The Morgan fingerprint density at radius 3 is 2.11 bits per heavy atom. The standard InChI is InChI=1S/C24H23NO2/c26-24-13-7-12-23-21(24)14-15-25(23)16-17-27-18-22(19-8-3-1-4-9-19)20-10-5-2-6-11-20/h1-15,22,26H,16-18H2. The molecule has 0 radical (unpaired) electrons. The van der Waals surface area contributed by atoms with E-state index < -0.39 is 0 Å². The first-order valence-electron chi connectivity index (χ1n) is 9.27. The first-order valence-corrected chi connectivity index (χ1v) is 9.27. The van der Waals surface area contributed by atoms with Crippen LogP contribution in [0.25, 0.3) is 10.9 Å². The van der Waals surface area contributed by atoms with Crippen LogP contribution >= 0.6 is 0 Å². The smallest absolute Gasteiger partial charge is 0.124 e. The van der Waals surface area contributed by atoms with Crippen molar-refractivity contribution in [2.24, 2.45) is 0 Å². The molecular formula is C24H23NO2. The quantitative estimate of drug-likeness (QED) is 0.462. The highest BCUT2D eigenvalue weighted by atomic mass is 16.5. The summed E-state index contributed by atoms with van der Waals surface area (Å²) in [5.41, 5.74) is 3.56. The molecule has 0 atom stereocenters. The molecule has 0 fully saturated rings. The maximum absolute atomic E-state index is 9.94. The minimum atomic E-state index is 0.220. The minimum absolute atomic E-state index is 0.220. The van der Waals surface area contributed by atoms with Crippen LogP contribution in [0.15, 0.2) is 91.1 Å². The number of aromatic nitrogens is 1. The largest absolute Gasteiger partial charge is 0.507 e. The molecule has 3 aromatic carbocycles. The highest BCUT2D eigenvalue weighted by Crippen LogP contribution is 2.26. The molecule has 1 heterocycles. The van der Waals surface area contributed by atoms with Crippen LogP contribution in [0.3, 0.4) is 0 Å². The molecule has 3 heteroatoms. The molecule has 27 heavy (non-hydrogen) atoms. The molecule has 1 N–H and O–H groups in total. The van der Waals surface area contributed by atoms with Crippen LogP contribution in [0.4, 0.5) is 0 Å². The fourth-order valence-corrected chi connectivity index (χ4v) is 3.52. The number of nitrogens with zero attached hydrogens (tertiary/aromatic N) is 1. The van der Waals surface area contributed by atoms with Gasteiger partial charge >= 0.3 is 0 Å². The Kier molecular flexibility index (Phi) is 5.22. The number of aromatic hydroxyl groups is 1. The number of hydrogen-bond donors (Lipinski definition) is 1. The number of hydrogen-bond acceptors (Lipinski definition) is 2. The lowest BCUT2D eigenvalue weighted by Gasteiger charge is -2.18. The Morgan fingerprint density at radius 2 is 1.44 bits per heavy atom. The van der Waals surface area contributed by atoms with Crippen molar-refractivity contribution >= 4 is 10.9 Å². The van der Waals surface area contributed by atoms with Crippen molar-refractivity contribution in [2.75, 3.05) is 13.2 Å². The van der Waals surface area contributed by atoms with Crippen LogP contribution in [0, 0.1) is 0 Å². The van der Waals surface area contributed by atoms with E-state index in [1.807, 2.05) is 36.5 Å². The monoisotopic (exact) mass is 357 g/mol. The summed E-state index contributed by atoms with van der Waals surface area (Å²) in [5, 5.41) is 10.8. The van der Waals surface area contributed by atoms with Gasteiger partial charge in [0.25, 0.3) is 0 Å². The zero-order valence-corrected chi connectivity index (χ0v) is 15.2. The van der Waals surface area contributed by atoms with E-state index in [0.29, 0.717) is 19.0 Å². The molecule has 0 amide bonds. The van der Waals surface area contributed by atoms with E-state index >= 15 is 0 Å². The molecule has 0 unspecified atom stereocenters. The first kappa shape index (κ1) is 17.4. The second-order valence-corrected chi connectivity index (χ2v) is 6.67. The van der Waals surface area contributed by atoms with Crippen molar-refractivity contribution in [3.05, 3.63) is 102 Å². The zero-order chi connectivity index (χ0) is 18.5. The molecule has 0 saturated carbocycles. The van der Waals surface area contributed by atoms with E-state index in [2.05, 4.69) is 53.1 Å². The van der Waals surface area contributed by atoms with Crippen molar-refractivity contribution in [1.82, 2.24) is 4.57 Å². The van der Waals surface area contributed by atoms with Crippen molar-refractivity contribution in [2.45, 2.75) is 12.5 Å². The fourth-order valence-electron chi connectivity index (χ4n) is 3.52. The molecule has 0 aliphatic rings. The second-order valence-electron chi connectivity index (χ2n) is 6.67. The van der Waals surface area contributed by atoms with Gasteiger partial charge in [0, 0.05) is 24.0 Å². The van der Waals surface area contributed by atoms with Crippen molar-refractivity contribution < 1.29 is 9.84 Å². The lowest BCUT2D eigenvalue weighted by Crippen LogP contribution is -2.13. The molecule has 0 spiro atoms. The van der Waals surface area contributed by atoms with Gasteiger partial charge in [-0.3, -0.25) is 0 Å². The molecular weight excluding hydrogens is 334 g/mol. The molecule has 136 valence electrons. The van der Waals surface area contributed by atoms with Crippen LogP contribution in [0.2, 0.25) is 0 Å². The normalized spacial score (nSPS) is 11.3. The number of phenolic OH excluding ortho intramolecular Hbond substituents is 1. The molecule has 0 saturated heterocycles. The van der Waals surface area contributed by atoms with Crippen molar-refractivity contribution in [1.29, 1.82) is 0 Å². The Morgan fingerprint density at radius 1 is 0.778 bits per heavy atom. The Bertz CT molecular complexity index is 953. The van der Waals surface area contributed by atoms with Gasteiger partial charge in [0.05, 0.1) is 18.7 Å². The lowest BCUT2D eigenvalue weighted by molar-refractivity contribution is 0.120. The molecule has 0 bridgehead atoms. The van der Waals surface area contributed by atoms with Crippen LogP contribution in [-0.2, 0) is 11.3 Å². The molecule has 4 aromatic rings. The van der Waals surface area contributed by atoms with Gasteiger partial charge in [-0.05, 0) is 29.3 Å². The number of rotatable bonds is 7. The lowest BCUT2D eigenvalue weighted by atomic mass is 9.92. The first-order chi connectivity index (χ1) is 13.3. The van der Waals surface area contributed by atoms with E-state index in [1.165, 1.54) is 11.1 Å². The maximum Gasteiger partial charge on any atom is 0.124 e. The van der Waals surface area contributed by atoms with Gasteiger partial charge in [-0.1, -0.05) is 66.7 Å². The summed E-state index contributed by atoms with van der Waals surface area (Å²) in [7, 11) is 0. The molecule has 0 aliphatic carbocycles. The Balaban J connectivity index is 1.43. The summed E-state index contributed by atoms with van der Waals surface area (Å²) < 4.78 is 8.19. The van der Waals surface area contributed by atoms with Gasteiger partial charge in [-0.15, -0.1) is 0 Å². The summed E-state index contributed by atoms with van der Waals surface area (Å²) in [5.74, 6) is 0.540. The molecule has 4 rings (SSSR count). The predicted octanol–water partition coefficient (Wildman–Crippen LogP) is 5.20. The van der Waals surface area contributed by atoms with Crippen LogP contribution < -0.4 is 0 Å². The van der Waals surface area contributed by atoms with Crippen LogP contribution in [-0.4, -0.2) is 22.9 Å². The van der Waals surface area contributed by atoms with Crippen molar-refractivity contribution in [3.63, 3.8) is 0 Å². The zero-order valence-electron chi connectivity index (χ0n) is 15.2. The molecule has 3 nitrogen and oxygen atoms in total. The Hall–Kier alpha value is -3.04. The summed E-state index contributed by atoms with van der Waals surface area (Å²) in [6, 6.07) is 28.5. The van der Waals surface area contributed by atoms with E-state index in [9.17, 15) is 5.11 Å². The minimum Gasteiger partial charge on any atom is -0.507 e. The third kappa shape index (κ3) is 3.88. The van der Waals surface area contributed by atoms with Crippen LogP contribution in [0.1, 0.15) is 17.0 Å². The van der Waals surface area contributed by atoms with Gasteiger partial charge in [-0.25, -0.2) is 0 Å². The van der Waals surface area contributed by atoms with E-state index in [0.717, 1.165) is 17.4 Å². The number of fused-ring (bicyclic) bond motifs is 1. The summed E-state index contributed by atoms with van der Waals surface area (Å²) in [4.78, 5) is 0. The average Bonchev–Trinajstić information content (AvgIpc) is 3.14. The summed E-state index contributed by atoms with van der Waals surface area (Å²) in [6.45, 7) is 2.01. The van der Waals surface area contributed by atoms with Gasteiger partial charge in [0.15, 0.2) is 0 Å². The third-order valence-electron chi connectivity index (χ3n) is 4.96. The fraction of sp³-hybridized carbons (Fsp3) is 0.167. The van der Waals surface area contributed by atoms with Gasteiger partial charge in [0.2, 0.25) is 0 Å². The molecule has 1 aromatic heterocycles. The van der Waals surface area contributed by atoms with E-state index in [1.54, 1.807) is 6.07 Å². The van der Waals surface area contributed by atoms with E-state index in [4.69, 9.17) is 4.74 Å². The van der Waals surface area contributed by atoms with E-state index in [-0.39, 0.29) is 5.92 Å². The number of benzene rings is 3. The van der Waals surface area contributed by atoms with Gasteiger partial charge in [-0.2, -0.15) is 0 Å². The third-order valence-corrected chi connectivity index (χ3v) is 4.96. The van der Waals surface area contributed by atoms with Gasteiger partial charge in [0.1, 0.15) is 5.75 Å². The number of ether oxygens (including phenoxy) is 1. The predicted molar refractivity (Wildman–Crippen MR) is 109 cm³/mol. The second kappa shape index (κ2) is 8.11. The Labute approximate surface area is 159 Å². The van der Waals surface area contributed by atoms with Crippen LogP contribution in [0.5, 0.6) is 5.75 Å². The number of phenols is 1. The summed E-state index contributed by atoms with van der Waals surface area (Å²) >= 11 is 0.